The van der Waals surface area contributed by atoms with Gasteiger partial charge in [-0.1, -0.05) is 54.6 Å². The van der Waals surface area contributed by atoms with Gasteiger partial charge in [-0.05, 0) is 34.9 Å². The van der Waals surface area contributed by atoms with Crippen molar-refractivity contribution in [3.8, 4) is 22.6 Å². The van der Waals surface area contributed by atoms with Crippen molar-refractivity contribution >= 4 is 11.9 Å². The molecule has 0 saturated heterocycles. The summed E-state index contributed by atoms with van der Waals surface area (Å²) in [5.41, 5.74) is 3.62. The first-order chi connectivity index (χ1) is 11.7. The summed E-state index contributed by atoms with van der Waals surface area (Å²) in [6.45, 7) is 0. The molecule has 1 aliphatic heterocycles. The number of ketones is 1. The van der Waals surface area contributed by atoms with Gasteiger partial charge >= 0.3 is 0 Å². The van der Waals surface area contributed by atoms with E-state index in [1.165, 1.54) is 12.1 Å². The summed E-state index contributed by atoms with van der Waals surface area (Å²) < 4.78 is 5.57. The molecule has 116 valence electrons. The van der Waals surface area contributed by atoms with Crippen molar-refractivity contribution in [3.63, 3.8) is 0 Å². The number of phenolic OH excluding ortho intramolecular Hbond substituents is 1. The standard InChI is InChI=1S/C21H14O3/c22-17-10-11-18-19(13-17)24-20(21(18)23)12-14-6-8-16(9-7-14)15-4-2-1-3-5-15/h1-13,22H. The van der Waals surface area contributed by atoms with Gasteiger partial charge in [-0.25, -0.2) is 0 Å². The van der Waals surface area contributed by atoms with Crippen molar-refractivity contribution in [3.05, 3.63) is 89.7 Å². The molecule has 0 unspecified atom stereocenters. The fourth-order valence-corrected chi connectivity index (χ4v) is 2.73. The molecule has 0 atom stereocenters. The van der Waals surface area contributed by atoms with Gasteiger partial charge in [-0.15, -0.1) is 0 Å². The van der Waals surface area contributed by atoms with Crippen molar-refractivity contribution < 1.29 is 14.6 Å². The van der Waals surface area contributed by atoms with Crippen LogP contribution in [-0.2, 0) is 0 Å². The summed E-state index contributed by atoms with van der Waals surface area (Å²) in [5.74, 6) is 0.572. The van der Waals surface area contributed by atoms with Crippen LogP contribution >= 0.6 is 0 Å². The van der Waals surface area contributed by atoms with Gasteiger partial charge in [0.2, 0.25) is 5.78 Å². The highest BCUT2D eigenvalue weighted by Gasteiger charge is 2.27. The van der Waals surface area contributed by atoms with E-state index in [1.54, 1.807) is 12.1 Å². The zero-order valence-electron chi connectivity index (χ0n) is 12.8. The number of hydrogen-bond donors (Lipinski definition) is 1. The molecule has 0 spiro atoms. The predicted molar refractivity (Wildman–Crippen MR) is 92.9 cm³/mol. The molecule has 0 saturated carbocycles. The first-order valence-electron chi connectivity index (χ1n) is 7.63. The Labute approximate surface area is 139 Å². The van der Waals surface area contributed by atoms with Crippen LogP contribution in [0.5, 0.6) is 11.5 Å². The largest absolute Gasteiger partial charge is 0.508 e. The van der Waals surface area contributed by atoms with E-state index in [-0.39, 0.29) is 17.3 Å². The maximum atomic E-state index is 12.3. The summed E-state index contributed by atoms with van der Waals surface area (Å²) in [5, 5.41) is 9.49. The SMILES string of the molecule is O=C1C(=Cc2ccc(-c3ccccc3)cc2)Oc2cc(O)ccc21. The molecule has 1 heterocycles. The minimum absolute atomic E-state index is 0.0787. The van der Waals surface area contributed by atoms with Gasteiger partial charge in [-0.3, -0.25) is 4.79 Å². The lowest BCUT2D eigenvalue weighted by Gasteiger charge is -2.03. The number of phenols is 1. The molecule has 0 aliphatic carbocycles. The molecule has 24 heavy (non-hydrogen) atoms. The molecular formula is C21H14O3. The number of carbonyl (C=O) groups excluding carboxylic acids is 1. The molecule has 0 radical (unpaired) electrons. The van der Waals surface area contributed by atoms with E-state index in [0.717, 1.165) is 16.7 Å². The molecule has 1 N–H and O–H groups in total. The minimum Gasteiger partial charge on any atom is -0.508 e. The van der Waals surface area contributed by atoms with Gasteiger partial charge in [-0.2, -0.15) is 0 Å². The molecule has 3 heteroatoms. The summed E-state index contributed by atoms with van der Waals surface area (Å²) in [4.78, 5) is 12.3. The number of hydrogen-bond acceptors (Lipinski definition) is 3. The first kappa shape index (κ1) is 14.3. The van der Waals surface area contributed by atoms with Crippen LogP contribution in [0.2, 0.25) is 0 Å². The van der Waals surface area contributed by atoms with Crippen LogP contribution in [0.4, 0.5) is 0 Å². The molecule has 0 fully saturated rings. The lowest BCUT2D eigenvalue weighted by molar-refractivity contribution is 0.101. The maximum absolute atomic E-state index is 12.3. The molecule has 3 nitrogen and oxygen atoms in total. The predicted octanol–water partition coefficient (Wildman–Crippen LogP) is 4.68. The molecule has 1 aliphatic rings. The van der Waals surface area contributed by atoms with Crippen molar-refractivity contribution in [1.82, 2.24) is 0 Å². The second-order valence-electron chi connectivity index (χ2n) is 5.61. The van der Waals surface area contributed by atoms with Crippen molar-refractivity contribution in [1.29, 1.82) is 0 Å². The Kier molecular flexibility index (Phi) is 3.39. The quantitative estimate of drug-likeness (QED) is 0.699. The zero-order valence-corrected chi connectivity index (χ0v) is 12.8. The molecule has 3 aromatic carbocycles. The topological polar surface area (TPSA) is 46.5 Å². The molecular weight excluding hydrogens is 300 g/mol. The van der Waals surface area contributed by atoms with Crippen LogP contribution in [-0.4, -0.2) is 10.9 Å². The van der Waals surface area contributed by atoms with Crippen LogP contribution in [0.3, 0.4) is 0 Å². The third-order valence-corrected chi connectivity index (χ3v) is 3.97. The third-order valence-electron chi connectivity index (χ3n) is 3.97. The van der Waals surface area contributed by atoms with Crippen LogP contribution in [0.25, 0.3) is 17.2 Å². The molecule has 0 bridgehead atoms. The van der Waals surface area contributed by atoms with Crippen molar-refractivity contribution in [2.75, 3.05) is 0 Å². The van der Waals surface area contributed by atoms with Gasteiger partial charge in [0.1, 0.15) is 11.5 Å². The van der Waals surface area contributed by atoms with E-state index in [0.29, 0.717) is 11.3 Å². The maximum Gasteiger partial charge on any atom is 0.231 e. The minimum atomic E-state index is -0.169. The molecule has 4 rings (SSSR count). The molecule has 3 aromatic rings. The number of Topliss-reactive ketones (excluding diaryl/α,β-unsaturated/α-hetero) is 1. The van der Waals surface area contributed by atoms with Gasteiger partial charge in [0.05, 0.1) is 5.56 Å². The summed E-state index contributed by atoms with van der Waals surface area (Å²) in [6.07, 6.45) is 1.72. The smallest absolute Gasteiger partial charge is 0.231 e. The summed E-state index contributed by atoms with van der Waals surface area (Å²) >= 11 is 0. The van der Waals surface area contributed by atoms with Crippen molar-refractivity contribution in [2.24, 2.45) is 0 Å². The highest BCUT2D eigenvalue weighted by molar-refractivity contribution is 6.14. The number of allylic oxidation sites excluding steroid dienone is 1. The van der Waals surface area contributed by atoms with Gasteiger partial charge in [0.25, 0.3) is 0 Å². The monoisotopic (exact) mass is 314 g/mol. The van der Waals surface area contributed by atoms with E-state index in [2.05, 4.69) is 12.1 Å². The Balaban J connectivity index is 1.62. The average Bonchev–Trinajstić information content (AvgIpc) is 2.91. The Morgan fingerprint density at radius 2 is 1.54 bits per heavy atom. The molecule has 0 amide bonds. The second-order valence-corrected chi connectivity index (χ2v) is 5.61. The second kappa shape index (κ2) is 5.70. The van der Waals surface area contributed by atoms with E-state index >= 15 is 0 Å². The summed E-state index contributed by atoms with van der Waals surface area (Å²) in [6, 6.07) is 22.5. The Bertz CT molecular complexity index is 939. The lowest BCUT2D eigenvalue weighted by Crippen LogP contribution is -1.97. The van der Waals surface area contributed by atoms with E-state index < -0.39 is 0 Å². The number of fused-ring (bicyclic) bond motifs is 1. The lowest BCUT2D eigenvalue weighted by atomic mass is 10.0. The van der Waals surface area contributed by atoms with E-state index in [9.17, 15) is 9.90 Å². The Morgan fingerprint density at radius 3 is 2.29 bits per heavy atom. The number of benzene rings is 3. The number of rotatable bonds is 2. The van der Waals surface area contributed by atoms with Crippen molar-refractivity contribution in [2.45, 2.75) is 0 Å². The van der Waals surface area contributed by atoms with Crippen LogP contribution in [0, 0.1) is 0 Å². The fourth-order valence-electron chi connectivity index (χ4n) is 2.73. The van der Waals surface area contributed by atoms with Gasteiger partial charge < -0.3 is 9.84 Å². The highest BCUT2D eigenvalue weighted by Crippen LogP contribution is 2.34. The normalized spacial score (nSPS) is 14.5. The fraction of sp³-hybridized carbons (Fsp3) is 0. The number of carbonyl (C=O) groups is 1. The number of aromatic hydroxyl groups is 1. The van der Waals surface area contributed by atoms with Crippen LogP contribution in [0.1, 0.15) is 15.9 Å². The Hall–Kier alpha value is -3.33. The van der Waals surface area contributed by atoms with E-state index in [1.807, 2.05) is 42.5 Å². The van der Waals surface area contributed by atoms with Crippen LogP contribution < -0.4 is 4.74 Å². The first-order valence-corrected chi connectivity index (χ1v) is 7.63. The third kappa shape index (κ3) is 2.57. The van der Waals surface area contributed by atoms with Crippen LogP contribution in [0.15, 0.2) is 78.6 Å². The highest BCUT2D eigenvalue weighted by atomic mass is 16.5. The zero-order chi connectivity index (χ0) is 16.5. The number of ether oxygens (including phenoxy) is 1. The average molecular weight is 314 g/mol. The van der Waals surface area contributed by atoms with E-state index in [4.69, 9.17) is 4.74 Å². The summed E-state index contributed by atoms with van der Waals surface area (Å²) in [7, 11) is 0. The van der Waals surface area contributed by atoms with Gasteiger partial charge in [0.15, 0.2) is 5.76 Å². The Morgan fingerprint density at radius 1 is 0.833 bits per heavy atom. The van der Waals surface area contributed by atoms with Gasteiger partial charge in [0, 0.05) is 6.07 Å². The molecule has 0 aromatic heterocycles.